The van der Waals surface area contributed by atoms with Gasteiger partial charge in [0, 0.05) is 16.9 Å². The van der Waals surface area contributed by atoms with Gasteiger partial charge in [-0.3, -0.25) is 20.4 Å². The first-order valence-electron chi connectivity index (χ1n) is 9.02. The number of aromatic nitrogens is 2. The summed E-state index contributed by atoms with van der Waals surface area (Å²) in [5, 5.41) is 5.99. The van der Waals surface area contributed by atoms with Crippen molar-refractivity contribution in [2.45, 2.75) is 0 Å². The van der Waals surface area contributed by atoms with Crippen molar-refractivity contribution in [3.63, 3.8) is 0 Å². The third kappa shape index (κ3) is 5.94. The van der Waals surface area contributed by atoms with Crippen LogP contribution in [0.15, 0.2) is 67.4 Å². The normalized spacial score (nSPS) is 10.0. The molecule has 4 N–H and O–H groups in total. The highest BCUT2D eigenvalue weighted by Gasteiger charge is 2.09. The highest BCUT2D eigenvalue weighted by Crippen LogP contribution is 2.25. The van der Waals surface area contributed by atoms with Gasteiger partial charge in [-0.2, -0.15) is 4.98 Å². The van der Waals surface area contributed by atoms with E-state index in [1.807, 2.05) is 0 Å². The lowest BCUT2D eigenvalue weighted by atomic mass is 10.2. The lowest BCUT2D eigenvalue weighted by Gasteiger charge is -2.12. The predicted molar refractivity (Wildman–Crippen MR) is 120 cm³/mol. The van der Waals surface area contributed by atoms with Crippen molar-refractivity contribution >= 4 is 46.6 Å². The van der Waals surface area contributed by atoms with Gasteiger partial charge >= 0.3 is 0 Å². The second-order valence-corrected chi connectivity index (χ2v) is 6.50. The van der Waals surface area contributed by atoms with Gasteiger partial charge in [-0.25, -0.2) is 4.98 Å². The average Bonchev–Trinajstić information content (AvgIpc) is 2.79. The molecule has 0 atom stereocenters. The van der Waals surface area contributed by atoms with Crippen LogP contribution >= 0.6 is 11.6 Å². The van der Waals surface area contributed by atoms with Crippen molar-refractivity contribution in [1.82, 2.24) is 15.4 Å². The zero-order valence-electron chi connectivity index (χ0n) is 16.5. The van der Waals surface area contributed by atoms with E-state index in [-0.39, 0.29) is 22.8 Å². The molecule has 31 heavy (non-hydrogen) atoms. The number of benzene rings is 2. The third-order valence-electron chi connectivity index (χ3n) is 3.96. The summed E-state index contributed by atoms with van der Waals surface area (Å²) in [5.74, 6) is 0.391. The summed E-state index contributed by atoms with van der Waals surface area (Å²) in [6.07, 6.45) is 2.57. The summed E-state index contributed by atoms with van der Waals surface area (Å²) >= 11 is 6.18. The molecule has 0 unspecified atom stereocenters. The summed E-state index contributed by atoms with van der Waals surface area (Å²) in [7, 11) is 1.55. The van der Waals surface area contributed by atoms with Crippen molar-refractivity contribution < 1.29 is 14.3 Å². The van der Waals surface area contributed by atoms with E-state index in [0.29, 0.717) is 28.5 Å². The summed E-state index contributed by atoms with van der Waals surface area (Å²) in [4.78, 5) is 32.0. The van der Waals surface area contributed by atoms with Crippen LogP contribution in [-0.4, -0.2) is 28.9 Å². The van der Waals surface area contributed by atoms with Gasteiger partial charge in [0.1, 0.15) is 10.8 Å². The van der Waals surface area contributed by atoms with Crippen molar-refractivity contribution in [2.75, 3.05) is 23.2 Å². The first kappa shape index (κ1) is 21.6. The third-order valence-corrected chi connectivity index (χ3v) is 4.24. The first-order chi connectivity index (χ1) is 15.0. The molecule has 3 rings (SSSR count). The molecular weight excluding hydrogens is 420 g/mol. The van der Waals surface area contributed by atoms with Crippen LogP contribution in [0.2, 0.25) is 5.02 Å². The number of methoxy groups -OCH3 is 1. The molecule has 3 aromatic rings. The molecule has 0 radical (unpaired) electrons. The van der Waals surface area contributed by atoms with E-state index in [9.17, 15) is 9.59 Å². The van der Waals surface area contributed by atoms with Gasteiger partial charge in [-0.1, -0.05) is 24.2 Å². The van der Waals surface area contributed by atoms with Crippen LogP contribution in [0.4, 0.5) is 23.1 Å². The van der Waals surface area contributed by atoms with E-state index >= 15 is 0 Å². The number of nitrogens with zero attached hydrogens (tertiary/aromatic N) is 2. The molecule has 0 spiro atoms. The fraction of sp³-hybridized carbons (Fsp3) is 0.0476. The zero-order valence-corrected chi connectivity index (χ0v) is 17.2. The minimum atomic E-state index is -0.374. The molecule has 0 fully saturated rings. The highest BCUT2D eigenvalue weighted by molar-refractivity contribution is 6.32. The summed E-state index contributed by atoms with van der Waals surface area (Å²) in [5.41, 5.74) is 6.81. The molecule has 2 aromatic carbocycles. The zero-order chi connectivity index (χ0) is 22.2. The minimum absolute atomic E-state index is 0.130. The van der Waals surface area contributed by atoms with Crippen LogP contribution < -0.4 is 26.2 Å². The molecule has 9 nitrogen and oxygen atoms in total. The largest absolute Gasteiger partial charge is 0.497 e. The summed E-state index contributed by atoms with van der Waals surface area (Å²) < 4.78 is 5.07. The van der Waals surface area contributed by atoms with Crippen molar-refractivity contribution in [3.05, 3.63) is 78.0 Å². The van der Waals surface area contributed by atoms with Crippen LogP contribution in [0, 0.1) is 0 Å². The number of hydrogen-bond donors (Lipinski definition) is 4. The highest BCUT2D eigenvalue weighted by atomic mass is 35.5. The van der Waals surface area contributed by atoms with Crippen LogP contribution in [0.25, 0.3) is 0 Å². The smallest absolute Gasteiger partial charge is 0.269 e. The lowest BCUT2D eigenvalue weighted by Crippen LogP contribution is -2.30. The Morgan fingerprint density at radius 1 is 1.13 bits per heavy atom. The maximum atomic E-state index is 12.3. The number of amides is 2. The Morgan fingerprint density at radius 3 is 2.58 bits per heavy atom. The van der Waals surface area contributed by atoms with E-state index in [2.05, 4.69) is 38.0 Å². The number of carbonyl (C=O) groups is 2. The second-order valence-electron chi connectivity index (χ2n) is 6.10. The van der Waals surface area contributed by atoms with Gasteiger partial charge in [-0.15, -0.1) is 0 Å². The lowest BCUT2D eigenvalue weighted by molar-refractivity contribution is -0.111. The topological polar surface area (TPSA) is 117 Å². The molecule has 0 aliphatic rings. The second kappa shape index (κ2) is 10.1. The number of hydrogen-bond acceptors (Lipinski definition) is 7. The number of hydrazine groups is 1. The Bertz CT molecular complexity index is 1100. The average molecular weight is 439 g/mol. The fourth-order valence-corrected chi connectivity index (χ4v) is 2.59. The number of carbonyl (C=O) groups excluding carboxylic acids is 2. The molecule has 1 aromatic heterocycles. The Hall–Kier alpha value is -4.11. The van der Waals surface area contributed by atoms with Gasteiger partial charge in [0.15, 0.2) is 5.82 Å². The van der Waals surface area contributed by atoms with Gasteiger partial charge in [0.25, 0.3) is 5.91 Å². The Labute approximate surface area is 183 Å². The van der Waals surface area contributed by atoms with E-state index in [0.717, 1.165) is 0 Å². The molecular formula is C21H19ClN6O3. The van der Waals surface area contributed by atoms with Crippen molar-refractivity contribution in [1.29, 1.82) is 0 Å². The van der Waals surface area contributed by atoms with Crippen LogP contribution in [0.5, 0.6) is 5.75 Å². The van der Waals surface area contributed by atoms with Crippen LogP contribution in [0.1, 0.15) is 10.4 Å². The molecule has 0 bridgehead atoms. The van der Waals surface area contributed by atoms with Gasteiger partial charge in [0.05, 0.1) is 13.3 Å². The van der Waals surface area contributed by atoms with Crippen molar-refractivity contribution in [3.8, 4) is 5.75 Å². The van der Waals surface area contributed by atoms with E-state index in [1.54, 1.807) is 55.6 Å². The maximum absolute atomic E-state index is 12.3. The minimum Gasteiger partial charge on any atom is -0.497 e. The van der Waals surface area contributed by atoms with Crippen molar-refractivity contribution in [2.24, 2.45) is 0 Å². The molecule has 0 saturated carbocycles. The van der Waals surface area contributed by atoms with E-state index in [1.165, 1.54) is 12.3 Å². The summed E-state index contributed by atoms with van der Waals surface area (Å²) in [6, 6.07) is 13.6. The molecule has 1 heterocycles. The number of nitrogens with one attached hydrogen (secondary N) is 4. The molecule has 0 saturated heterocycles. The summed E-state index contributed by atoms with van der Waals surface area (Å²) in [6.45, 7) is 3.42. The van der Waals surface area contributed by atoms with Gasteiger partial charge in [-0.05, 0) is 48.5 Å². The fourth-order valence-electron chi connectivity index (χ4n) is 2.45. The quantitative estimate of drug-likeness (QED) is 0.312. The molecule has 158 valence electrons. The number of rotatable bonds is 8. The Morgan fingerprint density at radius 2 is 1.87 bits per heavy atom. The van der Waals surface area contributed by atoms with Crippen LogP contribution in [-0.2, 0) is 4.79 Å². The molecule has 0 aliphatic heterocycles. The Kier molecular flexibility index (Phi) is 7.02. The number of ether oxygens (including phenoxy) is 1. The van der Waals surface area contributed by atoms with Gasteiger partial charge < -0.3 is 15.4 Å². The SMILES string of the molecule is C=CC(=O)Nc1cccc(Nc2nc(NNC(=O)c3ccc(OC)cc3)ncc2Cl)c1. The van der Waals surface area contributed by atoms with E-state index in [4.69, 9.17) is 16.3 Å². The molecule has 10 heteroatoms. The Balaban J connectivity index is 1.67. The van der Waals surface area contributed by atoms with Crippen LogP contribution in [0.3, 0.4) is 0 Å². The first-order valence-corrected chi connectivity index (χ1v) is 9.39. The van der Waals surface area contributed by atoms with Gasteiger partial charge in [0.2, 0.25) is 11.9 Å². The molecule has 2 amide bonds. The standard InChI is InChI=1S/C21H19ClN6O3/c1-3-18(29)24-14-5-4-6-15(11-14)25-19-17(22)12-23-21(26-19)28-27-20(30)13-7-9-16(31-2)10-8-13/h3-12H,1H2,2H3,(H,24,29)(H,27,30)(H2,23,25,26,28). The predicted octanol–water partition coefficient (Wildman–Crippen LogP) is 3.76. The monoisotopic (exact) mass is 438 g/mol. The maximum Gasteiger partial charge on any atom is 0.269 e. The molecule has 0 aliphatic carbocycles. The number of halogens is 1. The number of anilines is 4. The van der Waals surface area contributed by atoms with E-state index < -0.39 is 0 Å².